The molecule has 5 rings (SSSR count). The van der Waals surface area contributed by atoms with E-state index < -0.39 is 6.10 Å². The summed E-state index contributed by atoms with van der Waals surface area (Å²) in [5.41, 5.74) is 3.59. The second-order valence-electron chi connectivity index (χ2n) is 9.30. The van der Waals surface area contributed by atoms with Crippen LogP contribution in [0.4, 0.5) is 5.69 Å². The van der Waals surface area contributed by atoms with Crippen LogP contribution in [-0.2, 0) is 9.47 Å². The molecule has 182 valence electrons. The monoisotopic (exact) mass is 467 g/mol. The first-order chi connectivity index (χ1) is 16.5. The van der Waals surface area contributed by atoms with Crippen LogP contribution in [0.25, 0.3) is 22.3 Å². The van der Waals surface area contributed by atoms with Gasteiger partial charge in [-0.15, -0.1) is 0 Å². The minimum absolute atomic E-state index is 0.111. The van der Waals surface area contributed by atoms with Gasteiger partial charge < -0.3 is 30.0 Å². The molecular formula is C25H33N5O4. The number of pyridine rings is 1. The first kappa shape index (κ1) is 23.0. The molecule has 0 aliphatic carbocycles. The summed E-state index contributed by atoms with van der Waals surface area (Å²) in [5.74, 6) is 1.03. The number of anilines is 1. The van der Waals surface area contributed by atoms with E-state index in [0.717, 1.165) is 41.0 Å². The lowest BCUT2D eigenvalue weighted by Crippen LogP contribution is -2.29. The summed E-state index contributed by atoms with van der Waals surface area (Å²) in [7, 11) is 1.80. The number of aromatic nitrogens is 3. The van der Waals surface area contributed by atoms with Gasteiger partial charge in [0.2, 0.25) is 0 Å². The molecule has 0 saturated carbocycles. The molecule has 34 heavy (non-hydrogen) atoms. The van der Waals surface area contributed by atoms with Gasteiger partial charge in [-0.05, 0) is 45.5 Å². The summed E-state index contributed by atoms with van der Waals surface area (Å²) in [4.78, 5) is 4.98. The summed E-state index contributed by atoms with van der Waals surface area (Å²) < 4.78 is 19.3. The highest BCUT2D eigenvalue weighted by Crippen LogP contribution is 2.36. The molecular weight excluding hydrogens is 434 g/mol. The molecule has 2 fully saturated rings. The van der Waals surface area contributed by atoms with Crippen molar-refractivity contribution in [1.29, 1.82) is 0 Å². The molecule has 4 atom stereocenters. The summed E-state index contributed by atoms with van der Waals surface area (Å²) >= 11 is 0. The molecule has 9 nitrogen and oxygen atoms in total. The van der Waals surface area contributed by atoms with Crippen molar-refractivity contribution in [2.45, 2.75) is 44.7 Å². The van der Waals surface area contributed by atoms with Gasteiger partial charge in [-0.2, -0.15) is 5.10 Å². The van der Waals surface area contributed by atoms with E-state index in [1.807, 2.05) is 35.1 Å². The van der Waals surface area contributed by atoms with Crippen LogP contribution in [0.1, 0.15) is 26.3 Å². The summed E-state index contributed by atoms with van der Waals surface area (Å²) in [6.45, 7) is 6.25. The summed E-state index contributed by atoms with van der Waals surface area (Å²) in [5, 5.41) is 22.2. The summed E-state index contributed by atoms with van der Waals surface area (Å²) in [6.07, 6.45) is 2.19. The fourth-order valence-electron chi connectivity index (χ4n) is 4.71. The van der Waals surface area contributed by atoms with Crippen LogP contribution in [0.3, 0.4) is 0 Å². The van der Waals surface area contributed by atoms with Gasteiger partial charge in [0.15, 0.2) is 11.9 Å². The maximum atomic E-state index is 9.97. The fraction of sp³-hybridized carbons (Fsp3) is 0.520. The lowest BCUT2D eigenvalue weighted by molar-refractivity contribution is -0.0904. The van der Waals surface area contributed by atoms with E-state index >= 15 is 0 Å². The van der Waals surface area contributed by atoms with Gasteiger partial charge >= 0.3 is 0 Å². The zero-order valence-corrected chi connectivity index (χ0v) is 19.9. The van der Waals surface area contributed by atoms with Crippen LogP contribution in [0.15, 0.2) is 36.5 Å². The molecule has 1 aromatic carbocycles. The lowest BCUT2D eigenvalue weighted by atomic mass is 10.00. The van der Waals surface area contributed by atoms with Crippen molar-refractivity contribution in [3.8, 4) is 17.0 Å². The molecule has 0 bridgehead atoms. The number of aliphatic hydroxyl groups is 1. The van der Waals surface area contributed by atoms with Gasteiger partial charge in [0.1, 0.15) is 18.5 Å². The smallest absolute Gasteiger partial charge is 0.162 e. The molecule has 2 aliphatic rings. The topological polar surface area (TPSA) is 103 Å². The summed E-state index contributed by atoms with van der Waals surface area (Å²) in [6, 6.07) is 10.2. The Morgan fingerprint density at radius 1 is 1.26 bits per heavy atom. The van der Waals surface area contributed by atoms with Crippen molar-refractivity contribution in [2.75, 3.05) is 38.7 Å². The van der Waals surface area contributed by atoms with E-state index in [1.54, 1.807) is 7.05 Å². The normalized spacial score (nSPS) is 22.9. The largest absolute Gasteiger partial charge is 0.491 e. The van der Waals surface area contributed by atoms with E-state index in [4.69, 9.17) is 19.2 Å². The maximum absolute atomic E-state index is 9.97. The lowest BCUT2D eigenvalue weighted by Gasteiger charge is -2.19. The number of hydrogen-bond donors (Lipinski definition) is 3. The molecule has 1 unspecified atom stereocenters. The van der Waals surface area contributed by atoms with Gasteiger partial charge in [-0.25, -0.2) is 9.67 Å². The number of fused-ring (bicyclic) bond motifs is 2. The Balaban J connectivity index is 1.47. The van der Waals surface area contributed by atoms with Crippen molar-refractivity contribution in [3.05, 3.63) is 36.5 Å². The number of nitrogens with zero attached hydrogens (tertiary/aromatic N) is 3. The predicted octanol–water partition coefficient (Wildman–Crippen LogP) is 2.81. The third kappa shape index (κ3) is 4.61. The molecule has 2 aliphatic heterocycles. The highest BCUT2D eigenvalue weighted by Gasteiger charge is 2.41. The SMILES string of the molecule is CNCC(O)COc1cccc(-c2cc(N[C@H]3CO[C@@H]4OCC[C@@H]43)c3cnn(C(C)C)c3n2)c1. The molecule has 0 radical (unpaired) electrons. The van der Waals surface area contributed by atoms with Gasteiger partial charge in [0, 0.05) is 29.8 Å². The average Bonchev–Trinajstić information content (AvgIpc) is 3.55. The van der Waals surface area contributed by atoms with Crippen LogP contribution in [-0.4, -0.2) is 71.7 Å². The van der Waals surface area contributed by atoms with Crippen LogP contribution in [0, 0.1) is 5.92 Å². The minimum atomic E-state index is -0.573. The molecule has 0 spiro atoms. The average molecular weight is 468 g/mol. The van der Waals surface area contributed by atoms with Crippen molar-refractivity contribution in [2.24, 2.45) is 5.92 Å². The zero-order chi connectivity index (χ0) is 23.7. The number of rotatable bonds is 9. The van der Waals surface area contributed by atoms with Crippen molar-refractivity contribution in [1.82, 2.24) is 20.1 Å². The Bertz CT molecular complexity index is 1130. The van der Waals surface area contributed by atoms with Crippen molar-refractivity contribution in [3.63, 3.8) is 0 Å². The maximum Gasteiger partial charge on any atom is 0.162 e. The Hall–Kier alpha value is -2.72. The standard InChI is InChI=1S/C25H33N5O4/c1-15(2)30-24-20(12-27-30)22(28-23-14-34-25-19(23)7-8-32-25)10-21(29-24)16-5-4-6-18(9-16)33-13-17(31)11-26-3/h4-6,9-10,12,15,17,19,23,25-26,31H,7-8,11,13-14H2,1-3H3,(H,28,29)/t17?,19-,23+,25+/m1/s1. The second kappa shape index (κ2) is 9.87. The quantitative estimate of drug-likeness (QED) is 0.442. The number of likely N-dealkylation sites (N-methyl/N-ethyl adjacent to an activating group) is 1. The van der Waals surface area contributed by atoms with Gasteiger partial charge in [0.05, 0.1) is 36.5 Å². The third-order valence-corrected chi connectivity index (χ3v) is 6.45. The first-order valence-electron chi connectivity index (χ1n) is 12.0. The van der Waals surface area contributed by atoms with E-state index in [1.165, 1.54) is 0 Å². The minimum Gasteiger partial charge on any atom is -0.491 e. The highest BCUT2D eigenvalue weighted by molar-refractivity contribution is 5.92. The Kier molecular flexibility index (Phi) is 6.69. The Labute approximate surface area is 199 Å². The van der Waals surface area contributed by atoms with E-state index in [9.17, 15) is 5.11 Å². The number of hydrogen-bond acceptors (Lipinski definition) is 8. The third-order valence-electron chi connectivity index (χ3n) is 6.45. The van der Waals surface area contributed by atoms with Gasteiger partial charge in [-0.3, -0.25) is 0 Å². The molecule has 9 heteroatoms. The number of aliphatic hydroxyl groups excluding tert-OH is 1. The predicted molar refractivity (Wildman–Crippen MR) is 130 cm³/mol. The first-order valence-corrected chi connectivity index (χ1v) is 12.0. The molecule has 2 aromatic heterocycles. The van der Waals surface area contributed by atoms with Crippen LogP contribution in [0.5, 0.6) is 5.75 Å². The number of nitrogens with one attached hydrogen (secondary N) is 2. The Morgan fingerprint density at radius 2 is 2.15 bits per heavy atom. The van der Waals surface area contributed by atoms with Gasteiger partial charge in [0.25, 0.3) is 0 Å². The van der Waals surface area contributed by atoms with Crippen LogP contribution >= 0.6 is 0 Å². The van der Waals surface area contributed by atoms with E-state index in [0.29, 0.717) is 24.8 Å². The van der Waals surface area contributed by atoms with E-state index in [2.05, 4.69) is 35.6 Å². The van der Waals surface area contributed by atoms with Crippen molar-refractivity contribution < 1.29 is 19.3 Å². The molecule has 2 saturated heterocycles. The second-order valence-corrected chi connectivity index (χ2v) is 9.30. The van der Waals surface area contributed by atoms with Gasteiger partial charge in [-0.1, -0.05) is 12.1 Å². The Morgan fingerprint density at radius 3 is 2.97 bits per heavy atom. The molecule has 3 N–H and O–H groups in total. The highest BCUT2D eigenvalue weighted by atomic mass is 16.7. The van der Waals surface area contributed by atoms with Crippen molar-refractivity contribution >= 4 is 16.7 Å². The van der Waals surface area contributed by atoms with Crippen LogP contribution < -0.4 is 15.4 Å². The molecule has 3 aromatic rings. The molecule has 0 amide bonds. The van der Waals surface area contributed by atoms with Crippen LogP contribution in [0.2, 0.25) is 0 Å². The fourth-order valence-corrected chi connectivity index (χ4v) is 4.71. The van der Waals surface area contributed by atoms with E-state index in [-0.39, 0.29) is 25.0 Å². The number of benzene rings is 1. The zero-order valence-electron chi connectivity index (χ0n) is 19.9. The number of ether oxygens (including phenoxy) is 3. The molecule has 4 heterocycles.